The van der Waals surface area contributed by atoms with Crippen molar-refractivity contribution >= 4 is 34.1 Å². The molecule has 0 spiro atoms. The molecule has 1 aromatic heterocycles. The molecule has 0 bridgehead atoms. The Morgan fingerprint density at radius 2 is 2.11 bits per heavy atom. The zero-order chi connectivity index (χ0) is 14.0. The SMILES string of the molecule is CC(=O)c1sc(NCC(=O)NC2CC2)nc1C(=O)O. The van der Waals surface area contributed by atoms with E-state index >= 15 is 0 Å². The summed E-state index contributed by atoms with van der Waals surface area (Å²) in [6.07, 6.45) is 2.00. The van der Waals surface area contributed by atoms with Gasteiger partial charge in [0.2, 0.25) is 5.91 Å². The molecule has 8 heteroatoms. The highest BCUT2D eigenvalue weighted by atomic mass is 32.1. The molecule has 1 aliphatic rings. The average Bonchev–Trinajstić information content (AvgIpc) is 3.02. The normalized spacial score (nSPS) is 13.9. The van der Waals surface area contributed by atoms with Crippen molar-refractivity contribution in [1.29, 1.82) is 0 Å². The van der Waals surface area contributed by atoms with Gasteiger partial charge >= 0.3 is 5.97 Å². The van der Waals surface area contributed by atoms with E-state index in [1.54, 1.807) is 0 Å². The van der Waals surface area contributed by atoms with Crippen LogP contribution in [-0.2, 0) is 4.79 Å². The summed E-state index contributed by atoms with van der Waals surface area (Å²) >= 11 is 0.940. The second kappa shape index (κ2) is 5.35. The molecule has 3 N–H and O–H groups in total. The number of hydrogen-bond donors (Lipinski definition) is 3. The largest absolute Gasteiger partial charge is 0.476 e. The maximum absolute atomic E-state index is 11.4. The Hall–Kier alpha value is -1.96. The van der Waals surface area contributed by atoms with E-state index in [0.29, 0.717) is 0 Å². The third-order valence-electron chi connectivity index (χ3n) is 2.49. The molecule has 0 saturated heterocycles. The van der Waals surface area contributed by atoms with Gasteiger partial charge in [0.15, 0.2) is 16.6 Å². The molecule has 1 amide bonds. The fourth-order valence-electron chi connectivity index (χ4n) is 1.44. The Morgan fingerprint density at radius 1 is 1.42 bits per heavy atom. The van der Waals surface area contributed by atoms with E-state index in [9.17, 15) is 14.4 Å². The predicted octanol–water partition coefficient (Wildman–Crippen LogP) is 0.734. The number of rotatable bonds is 6. The van der Waals surface area contributed by atoms with Crippen LogP contribution < -0.4 is 10.6 Å². The zero-order valence-electron chi connectivity index (χ0n) is 10.2. The van der Waals surface area contributed by atoms with Gasteiger partial charge in [-0.15, -0.1) is 0 Å². The van der Waals surface area contributed by atoms with Gasteiger partial charge in [-0.3, -0.25) is 9.59 Å². The molecule has 19 heavy (non-hydrogen) atoms. The molecule has 1 aliphatic carbocycles. The van der Waals surface area contributed by atoms with Crippen LogP contribution in [0.15, 0.2) is 0 Å². The third kappa shape index (κ3) is 3.50. The highest BCUT2D eigenvalue weighted by molar-refractivity contribution is 7.17. The Labute approximate surface area is 113 Å². The molecular weight excluding hydrogens is 270 g/mol. The van der Waals surface area contributed by atoms with E-state index in [2.05, 4.69) is 15.6 Å². The van der Waals surface area contributed by atoms with E-state index < -0.39 is 5.97 Å². The number of carboxylic acid groups (broad SMARTS) is 1. The second-order valence-electron chi connectivity index (χ2n) is 4.25. The molecule has 0 radical (unpaired) electrons. The van der Waals surface area contributed by atoms with Crippen molar-refractivity contribution in [2.45, 2.75) is 25.8 Å². The number of hydrogen-bond acceptors (Lipinski definition) is 6. The van der Waals surface area contributed by atoms with Gasteiger partial charge in [0.1, 0.15) is 4.88 Å². The smallest absolute Gasteiger partial charge is 0.356 e. The van der Waals surface area contributed by atoms with Crippen molar-refractivity contribution in [3.63, 3.8) is 0 Å². The lowest BCUT2D eigenvalue weighted by atomic mass is 10.3. The minimum Gasteiger partial charge on any atom is -0.476 e. The number of carbonyl (C=O) groups excluding carboxylic acids is 2. The summed E-state index contributed by atoms with van der Waals surface area (Å²) in [6.45, 7) is 1.30. The summed E-state index contributed by atoms with van der Waals surface area (Å²) in [5.41, 5.74) is -0.275. The fourth-order valence-corrected chi connectivity index (χ4v) is 2.29. The molecule has 0 unspecified atom stereocenters. The highest BCUT2D eigenvalue weighted by Gasteiger charge is 2.24. The summed E-state index contributed by atoms with van der Waals surface area (Å²) in [6, 6.07) is 0.271. The number of amides is 1. The third-order valence-corrected chi connectivity index (χ3v) is 3.61. The van der Waals surface area contributed by atoms with Gasteiger partial charge in [-0.05, 0) is 12.8 Å². The first kappa shape index (κ1) is 13.5. The lowest BCUT2D eigenvalue weighted by Gasteiger charge is -2.03. The Balaban J connectivity index is 1.99. The molecule has 1 saturated carbocycles. The number of carbonyl (C=O) groups is 3. The molecule has 1 aromatic rings. The van der Waals surface area contributed by atoms with Crippen molar-refractivity contribution in [2.75, 3.05) is 11.9 Å². The maximum atomic E-state index is 11.4. The lowest BCUT2D eigenvalue weighted by molar-refractivity contribution is -0.119. The molecule has 0 atom stereocenters. The van der Waals surface area contributed by atoms with Gasteiger partial charge in [0.05, 0.1) is 6.54 Å². The van der Waals surface area contributed by atoms with E-state index in [4.69, 9.17) is 5.11 Å². The Bertz CT molecular complexity index is 505. The van der Waals surface area contributed by atoms with Gasteiger partial charge in [0, 0.05) is 13.0 Å². The number of anilines is 1. The minimum atomic E-state index is -1.25. The topological polar surface area (TPSA) is 108 Å². The van der Waals surface area contributed by atoms with Crippen LogP contribution in [0.1, 0.15) is 39.9 Å². The van der Waals surface area contributed by atoms with Gasteiger partial charge in [-0.1, -0.05) is 11.3 Å². The van der Waals surface area contributed by atoms with Crippen LogP contribution in [0.4, 0.5) is 5.13 Å². The standard InChI is InChI=1S/C11H13N3O4S/c1-5(15)9-8(10(17)18)14-11(19-9)12-4-7(16)13-6-2-3-6/h6H,2-4H2,1H3,(H,12,14)(H,13,16)(H,17,18). The average molecular weight is 283 g/mol. The summed E-state index contributed by atoms with van der Waals surface area (Å²) in [5, 5.41) is 14.7. The Morgan fingerprint density at radius 3 is 2.58 bits per heavy atom. The number of thiazole rings is 1. The molecule has 0 aromatic carbocycles. The number of ketones is 1. The van der Waals surface area contributed by atoms with Crippen LogP contribution >= 0.6 is 11.3 Å². The van der Waals surface area contributed by atoms with Crippen LogP contribution in [-0.4, -0.2) is 40.3 Å². The van der Waals surface area contributed by atoms with E-state index in [0.717, 1.165) is 24.2 Å². The van der Waals surface area contributed by atoms with Gasteiger partial charge < -0.3 is 15.7 Å². The van der Waals surface area contributed by atoms with Crippen LogP contribution in [0.3, 0.4) is 0 Å². The van der Waals surface area contributed by atoms with Crippen molar-refractivity contribution in [1.82, 2.24) is 10.3 Å². The molecule has 102 valence electrons. The zero-order valence-corrected chi connectivity index (χ0v) is 11.0. The van der Waals surface area contributed by atoms with Gasteiger partial charge in [0.25, 0.3) is 0 Å². The van der Waals surface area contributed by atoms with E-state index in [-0.39, 0.29) is 40.0 Å². The maximum Gasteiger partial charge on any atom is 0.356 e. The van der Waals surface area contributed by atoms with Gasteiger partial charge in [-0.2, -0.15) is 0 Å². The van der Waals surface area contributed by atoms with Crippen molar-refractivity contribution < 1.29 is 19.5 Å². The fraction of sp³-hybridized carbons (Fsp3) is 0.455. The summed E-state index contributed by atoms with van der Waals surface area (Å²) in [4.78, 5) is 37.5. The summed E-state index contributed by atoms with van der Waals surface area (Å²) < 4.78 is 0. The number of nitrogens with one attached hydrogen (secondary N) is 2. The minimum absolute atomic E-state index is 0.0143. The van der Waals surface area contributed by atoms with Crippen LogP contribution in [0.2, 0.25) is 0 Å². The summed E-state index contributed by atoms with van der Waals surface area (Å²) in [5.74, 6) is -1.78. The van der Waals surface area contributed by atoms with E-state index in [1.807, 2.05) is 0 Å². The Kier molecular flexibility index (Phi) is 3.79. The molecule has 7 nitrogen and oxygen atoms in total. The van der Waals surface area contributed by atoms with Gasteiger partial charge in [-0.25, -0.2) is 9.78 Å². The highest BCUT2D eigenvalue weighted by Crippen LogP contribution is 2.23. The number of aromatic nitrogens is 1. The van der Waals surface area contributed by atoms with E-state index in [1.165, 1.54) is 6.92 Å². The number of carboxylic acids is 1. The van der Waals surface area contributed by atoms with Crippen LogP contribution in [0.25, 0.3) is 0 Å². The first-order valence-corrected chi connectivity index (χ1v) is 6.57. The monoisotopic (exact) mass is 283 g/mol. The molecule has 2 rings (SSSR count). The quantitative estimate of drug-likeness (QED) is 0.664. The summed E-state index contributed by atoms with van der Waals surface area (Å²) in [7, 11) is 0. The number of Topliss-reactive ketones (excluding diaryl/α,β-unsaturated/α-hetero) is 1. The van der Waals surface area contributed by atoms with Crippen molar-refractivity contribution in [3.05, 3.63) is 10.6 Å². The number of aromatic carboxylic acids is 1. The first-order chi connectivity index (χ1) is 8.97. The molecule has 1 heterocycles. The molecule has 1 fully saturated rings. The lowest BCUT2D eigenvalue weighted by Crippen LogP contribution is -2.31. The van der Waals surface area contributed by atoms with Crippen molar-refractivity contribution in [2.24, 2.45) is 0 Å². The molecule has 0 aliphatic heterocycles. The van der Waals surface area contributed by atoms with Crippen molar-refractivity contribution in [3.8, 4) is 0 Å². The predicted molar refractivity (Wildman–Crippen MR) is 68.7 cm³/mol. The molecular formula is C11H13N3O4S. The van der Waals surface area contributed by atoms with Crippen LogP contribution in [0.5, 0.6) is 0 Å². The second-order valence-corrected chi connectivity index (χ2v) is 5.25. The first-order valence-electron chi connectivity index (χ1n) is 5.75. The van der Waals surface area contributed by atoms with Crippen LogP contribution in [0, 0.1) is 0 Å². The number of nitrogens with zero attached hydrogens (tertiary/aromatic N) is 1.